The Morgan fingerprint density at radius 1 is 1.60 bits per heavy atom. The van der Waals surface area contributed by atoms with Crippen molar-refractivity contribution in [2.24, 2.45) is 0 Å². The van der Waals surface area contributed by atoms with Crippen molar-refractivity contribution < 1.29 is 14.3 Å². The largest absolute Gasteiger partial charge is 0.348 e. The summed E-state index contributed by atoms with van der Waals surface area (Å²) in [6.07, 6.45) is 0.0158. The number of carbonyl (C=O) groups excluding carboxylic acids is 1. The molecule has 0 aromatic rings. The second-order valence-corrected chi connectivity index (χ2v) is 4.47. The molecule has 0 spiro atoms. The van der Waals surface area contributed by atoms with Gasteiger partial charge in [0.05, 0.1) is 13.2 Å². The summed E-state index contributed by atoms with van der Waals surface area (Å²) >= 11 is 0. The van der Waals surface area contributed by atoms with Gasteiger partial charge in [-0.2, -0.15) is 0 Å². The Labute approximate surface area is 89.7 Å². The fourth-order valence-electron chi connectivity index (χ4n) is 1.94. The van der Waals surface area contributed by atoms with E-state index in [1.165, 1.54) is 0 Å². The first-order chi connectivity index (χ1) is 7.07. The third kappa shape index (κ3) is 2.68. The third-order valence-electron chi connectivity index (χ3n) is 2.68. The predicted molar refractivity (Wildman–Crippen MR) is 54.4 cm³/mol. The van der Waals surface area contributed by atoms with Crippen LogP contribution in [0.25, 0.3) is 0 Å². The third-order valence-corrected chi connectivity index (χ3v) is 2.68. The summed E-state index contributed by atoms with van der Waals surface area (Å²) < 4.78 is 11.1. The van der Waals surface area contributed by atoms with Crippen molar-refractivity contribution in [2.75, 3.05) is 32.8 Å². The zero-order valence-electron chi connectivity index (χ0n) is 9.28. The van der Waals surface area contributed by atoms with Crippen LogP contribution in [0.2, 0.25) is 0 Å². The van der Waals surface area contributed by atoms with Gasteiger partial charge in [-0.05, 0) is 13.8 Å². The van der Waals surface area contributed by atoms with Crippen molar-refractivity contribution in [1.29, 1.82) is 0 Å². The predicted octanol–water partition coefficient (Wildman–Crippen LogP) is -0.430. The van der Waals surface area contributed by atoms with Gasteiger partial charge in [-0.25, -0.2) is 0 Å². The Morgan fingerprint density at radius 3 is 3.00 bits per heavy atom. The van der Waals surface area contributed by atoms with E-state index in [9.17, 15) is 4.79 Å². The highest BCUT2D eigenvalue weighted by Crippen LogP contribution is 2.22. The lowest BCUT2D eigenvalue weighted by Gasteiger charge is -2.29. The number of nitrogens with one attached hydrogen (secondary N) is 1. The maximum absolute atomic E-state index is 11.5. The molecule has 1 N–H and O–H groups in total. The van der Waals surface area contributed by atoms with E-state index in [1.807, 2.05) is 18.7 Å². The lowest BCUT2D eigenvalue weighted by atomic mass is 10.3. The molecular formula is C10H18N2O3. The SMILES string of the molecule is CC1(C)OC[C@@H](CN2CCNCC2=O)O1. The Hall–Kier alpha value is -0.650. The number of hydrogen-bond donors (Lipinski definition) is 1. The number of nitrogens with zero attached hydrogens (tertiary/aromatic N) is 1. The first-order valence-electron chi connectivity index (χ1n) is 5.37. The van der Waals surface area contributed by atoms with Crippen LogP contribution >= 0.6 is 0 Å². The van der Waals surface area contributed by atoms with Crippen molar-refractivity contribution in [2.45, 2.75) is 25.7 Å². The van der Waals surface area contributed by atoms with Crippen LogP contribution in [-0.2, 0) is 14.3 Å². The number of hydrogen-bond acceptors (Lipinski definition) is 4. The number of amides is 1. The molecule has 0 aliphatic carbocycles. The van der Waals surface area contributed by atoms with Crippen molar-refractivity contribution >= 4 is 5.91 Å². The van der Waals surface area contributed by atoms with Crippen molar-refractivity contribution in [3.05, 3.63) is 0 Å². The van der Waals surface area contributed by atoms with Crippen LogP contribution in [0.3, 0.4) is 0 Å². The molecule has 5 heteroatoms. The molecule has 2 saturated heterocycles. The van der Waals surface area contributed by atoms with Crippen molar-refractivity contribution in [3.8, 4) is 0 Å². The lowest BCUT2D eigenvalue weighted by Crippen LogP contribution is -2.50. The Morgan fingerprint density at radius 2 is 2.40 bits per heavy atom. The first-order valence-corrected chi connectivity index (χ1v) is 5.37. The molecule has 0 bridgehead atoms. The molecule has 2 fully saturated rings. The zero-order chi connectivity index (χ0) is 10.9. The molecule has 2 heterocycles. The number of ether oxygens (including phenoxy) is 2. The highest BCUT2D eigenvalue weighted by atomic mass is 16.7. The van der Waals surface area contributed by atoms with Crippen LogP contribution in [-0.4, -0.2) is 55.5 Å². The molecule has 2 rings (SSSR count). The summed E-state index contributed by atoms with van der Waals surface area (Å²) in [5, 5.41) is 3.04. The molecule has 1 atom stereocenters. The zero-order valence-corrected chi connectivity index (χ0v) is 9.28. The average Bonchev–Trinajstić information content (AvgIpc) is 2.50. The Bertz CT molecular complexity index is 255. The van der Waals surface area contributed by atoms with Gasteiger partial charge in [0.1, 0.15) is 6.10 Å². The molecule has 0 aromatic heterocycles. The van der Waals surface area contributed by atoms with Crippen LogP contribution in [0.4, 0.5) is 0 Å². The van der Waals surface area contributed by atoms with Gasteiger partial charge in [0.2, 0.25) is 5.91 Å². The number of carbonyl (C=O) groups is 1. The quantitative estimate of drug-likeness (QED) is 0.677. The standard InChI is InChI=1S/C10H18N2O3/c1-10(2)14-7-8(15-10)6-12-4-3-11-5-9(12)13/h8,11H,3-7H2,1-2H3/t8-/m1/s1. The maximum atomic E-state index is 11.5. The highest BCUT2D eigenvalue weighted by Gasteiger charge is 2.34. The van der Waals surface area contributed by atoms with Crippen LogP contribution in [0.15, 0.2) is 0 Å². The lowest BCUT2D eigenvalue weighted by molar-refractivity contribution is -0.146. The minimum atomic E-state index is -0.498. The summed E-state index contributed by atoms with van der Waals surface area (Å²) in [6, 6.07) is 0. The fourth-order valence-corrected chi connectivity index (χ4v) is 1.94. The van der Waals surface area contributed by atoms with Crippen molar-refractivity contribution in [1.82, 2.24) is 10.2 Å². The molecule has 0 aromatic carbocycles. The highest BCUT2D eigenvalue weighted by molar-refractivity contribution is 5.79. The van der Waals surface area contributed by atoms with Gasteiger partial charge < -0.3 is 19.7 Å². The molecule has 2 aliphatic heterocycles. The smallest absolute Gasteiger partial charge is 0.236 e. The molecule has 0 saturated carbocycles. The Balaban J connectivity index is 1.84. The van der Waals surface area contributed by atoms with Crippen molar-refractivity contribution in [3.63, 3.8) is 0 Å². The monoisotopic (exact) mass is 214 g/mol. The van der Waals surface area contributed by atoms with Crippen LogP contribution in [0, 0.1) is 0 Å². The number of piperazine rings is 1. The van der Waals surface area contributed by atoms with Gasteiger partial charge in [0.25, 0.3) is 0 Å². The number of rotatable bonds is 2. The van der Waals surface area contributed by atoms with E-state index in [-0.39, 0.29) is 12.0 Å². The second kappa shape index (κ2) is 4.08. The first kappa shape index (κ1) is 10.9. The Kier molecular flexibility index (Phi) is 2.95. The summed E-state index contributed by atoms with van der Waals surface area (Å²) in [6.45, 7) is 7.08. The van der Waals surface area contributed by atoms with Gasteiger partial charge >= 0.3 is 0 Å². The van der Waals surface area contributed by atoms with E-state index in [1.54, 1.807) is 0 Å². The molecule has 15 heavy (non-hydrogen) atoms. The van der Waals surface area contributed by atoms with Crippen LogP contribution in [0.5, 0.6) is 0 Å². The van der Waals surface area contributed by atoms with Crippen LogP contribution in [0.1, 0.15) is 13.8 Å². The minimum Gasteiger partial charge on any atom is -0.348 e. The summed E-state index contributed by atoms with van der Waals surface area (Å²) in [4.78, 5) is 13.3. The van der Waals surface area contributed by atoms with E-state index >= 15 is 0 Å². The fraction of sp³-hybridized carbons (Fsp3) is 0.900. The van der Waals surface area contributed by atoms with Gasteiger partial charge in [-0.15, -0.1) is 0 Å². The van der Waals surface area contributed by atoms with Gasteiger partial charge in [-0.3, -0.25) is 4.79 Å². The van der Waals surface area contributed by atoms with E-state index in [2.05, 4.69) is 5.32 Å². The minimum absolute atomic E-state index is 0.0158. The molecule has 0 radical (unpaired) electrons. The van der Waals surface area contributed by atoms with Gasteiger partial charge in [-0.1, -0.05) is 0 Å². The van der Waals surface area contributed by atoms with Gasteiger partial charge in [0.15, 0.2) is 5.79 Å². The summed E-state index contributed by atoms with van der Waals surface area (Å²) in [7, 11) is 0. The van der Waals surface area contributed by atoms with E-state index < -0.39 is 5.79 Å². The molecule has 2 aliphatic rings. The van der Waals surface area contributed by atoms with Gasteiger partial charge in [0, 0.05) is 19.6 Å². The average molecular weight is 214 g/mol. The van der Waals surface area contributed by atoms with E-state index in [0.29, 0.717) is 19.7 Å². The van der Waals surface area contributed by atoms with E-state index in [0.717, 1.165) is 13.1 Å². The molecule has 0 unspecified atom stereocenters. The summed E-state index contributed by atoms with van der Waals surface area (Å²) in [5.41, 5.74) is 0. The molecular weight excluding hydrogens is 196 g/mol. The topological polar surface area (TPSA) is 50.8 Å². The molecule has 5 nitrogen and oxygen atoms in total. The maximum Gasteiger partial charge on any atom is 0.236 e. The summed E-state index contributed by atoms with van der Waals surface area (Å²) in [5.74, 6) is -0.351. The van der Waals surface area contributed by atoms with Crippen LogP contribution < -0.4 is 5.32 Å². The second-order valence-electron chi connectivity index (χ2n) is 4.47. The molecule has 86 valence electrons. The molecule has 1 amide bonds. The normalized spacial score (nSPS) is 30.9. The van der Waals surface area contributed by atoms with E-state index in [4.69, 9.17) is 9.47 Å².